The Labute approximate surface area is 283 Å². The van der Waals surface area contributed by atoms with Gasteiger partial charge in [-0.15, -0.1) is 0 Å². The number of hydrogen-bond donors (Lipinski definition) is 3. The number of hydrogen-bond acceptors (Lipinski definition) is 8. The van der Waals surface area contributed by atoms with Gasteiger partial charge in [0.2, 0.25) is 0 Å². The largest absolute Gasteiger partial charge is 0.477 e. The third kappa shape index (κ3) is 11.7. The summed E-state index contributed by atoms with van der Waals surface area (Å²) in [6.07, 6.45) is -0.756. The van der Waals surface area contributed by atoms with Crippen LogP contribution in [-0.4, -0.2) is 107 Å². The molecule has 0 radical (unpaired) electrons. The van der Waals surface area contributed by atoms with Crippen molar-refractivity contribution in [3.05, 3.63) is 48.2 Å². The number of likely N-dealkylation sites (tertiary alicyclic amines) is 1. The first kappa shape index (κ1) is 37.6. The molecule has 12 nitrogen and oxygen atoms in total. The summed E-state index contributed by atoms with van der Waals surface area (Å²) in [5.41, 5.74) is 0.747. The second-order valence-electron chi connectivity index (χ2n) is 13.0. The first-order valence-corrected chi connectivity index (χ1v) is 16.2. The number of halogens is 3. The summed E-state index contributed by atoms with van der Waals surface area (Å²) in [5.74, 6) is 4.74. The number of aromatic nitrogens is 3. The molecule has 1 fully saturated rings. The van der Waals surface area contributed by atoms with Crippen molar-refractivity contribution < 1.29 is 42.1 Å². The van der Waals surface area contributed by atoms with Crippen molar-refractivity contribution in [1.29, 1.82) is 0 Å². The Morgan fingerprint density at radius 2 is 1.88 bits per heavy atom. The molecular weight excluding hydrogens is 645 g/mol. The van der Waals surface area contributed by atoms with Gasteiger partial charge in [-0.05, 0) is 77.2 Å². The number of amides is 1. The molecule has 2 unspecified atom stereocenters. The molecule has 0 bridgehead atoms. The summed E-state index contributed by atoms with van der Waals surface area (Å²) in [6, 6.07) is 6.99. The van der Waals surface area contributed by atoms with Crippen LogP contribution in [0.2, 0.25) is 0 Å². The standard InChI is InChI=1S/C34H45F3N6O6/c1-33(2,3)49-32(46)39-12-6-7-25-19-26-28(8-5-9-29(26)43(25)22-34(35,36)37)40-27-10-13-41(4)21-24(27)11-15-47-17-18-48-16-14-42-23-38-20-30(42)31(44)45/h5,8-9,19-20,23-24,27,40H,10-18,21-22H2,1-4H3,(H,39,46)(H,44,45). The molecule has 0 saturated carbocycles. The van der Waals surface area contributed by atoms with Crippen LogP contribution < -0.4 is 10.6 Å². The molecule has 2 aromatic heterocycles. The van der Waals surface area contributed by atoms with Crippen molar-refractivity contribution in [2.24, 2.45) is 5.92 Å². The quantitative estimate of drug-likeness (QED) is 0.161. The fourth-order valence-corrected chi connectivity index (χ4v) is 5.72. The van der Waals surface area contributed by atoms with Crippen LogP contribution in [0.4, 0.5) is 23.7 Å². The van der Waals surface area contributed by atoms with E-state index in [1.807, 2.05) is 6.07 Å². The average molecular weight is 691 g/mol. The van der Waals surface area contributed by atoms with Crippen LogP contribution in [-0.2, 0) is 27.3 Å². The molecule has 3 N–H and O–H groups in total. The number of nitrogens with zero attached hydrogens (tertiary/aromatic N) is 4. The number of imidazole rings is 1. The van der Waals surface area contributed by atoms with E-state index in [1.54, 1.807) is 39.0 Å². The molecule has 0 spiro atoms. The third-order valence-electron chi connectivity index (χ3n) is 7.91. The molecule has 1 aromatic carbocycles. The first-order chi connectivity index (χ1) is 23.2. The summed E-state index contributed by atoms with van der Waals surface area (Å²) < 4.78 is 60.3. The van der Waals surface area contributed by atoms with Crippen molar-refractivity contribution in [1.82, 2.24) is 24.3 Å². The minimum absolute atomic E-state index is 0.0683. The van der Waals surface area contributed by atoms with Crippen LogP contribution >= 0.6 is 0 Å². The molecule has 3 aromatic rings. The van der Waals surface area contributed by atoms with E-state index in [9.17, 15) is 22.8 Å². The van der Waals surface area contributed by atoms with E-state index in [0.29, 0.717) is 43.9 Å². The van der Waals surface area contributed by atoms with Gasteiger partial charge in [-0.1, -0.05) is 12.0 Å². The number of anilines is 1. The molecule has 0 aliphatic carbocycles. The van der Waals surface area contributed by atoms with E-state index in [1.165, 1.54) is 17.1 Å². The van der Waals surface area contributed by atoms with Gasteiger partial charge in [0, 0.05) is 36.8 Å². The van der Waals surface area contributed by atoms with Crippen LogP contribution in [0.3, 0.4) is 0 Å². The highest BCUT2D eigenvalue weighted by atomic mass is 19.4. The zero-order valence-electron chi connectivity index (χ0n) is 28.3. The fraction of sp³-hybridized carbons (Fsp3) is 0.559. The first-order valence-electron chi connectivity index (χ1n) is 16.2. The maximum atomic E-state index is 13.7. The number of carbonyl (C=O) groups excluding carboxylic acids is 1. The number of rotatable bonds is 14. The zero-order valence-corrected chi connectivity index (χ0v) is 28.3. The molecule has 3 heterocycles. The lowest BCUT2D eigenvalue weighted by molar-refractivity contribution is -0.140. The number of aromatic carboxylic acids is 1. The fourth-order valence-electron chi connectivity index (χ4n) is 5.72. The molecular formula is C34H45F3N6O6. The number of ether oxygens (including phenoxy) is 3. The molecule has 1 saturated heterocycles. The van der Waals surface area contributed by atoms with E-state index in [2.05, 4.69) is 39.4 Å². The van der Waals surface area contributed by atoms with Gasteiger partial charge in [0.15, 0.2) is 0 Å². The van der Waals surface area contributed by atoms with Crippen LogP contribution in [0.1, 0.15) is 49.8 Å². The van der Waals surface area contributed by atoms with E-state index >= 15 is 0 Å². The second kappa shape index (κ2) is 16.9. The van der Waals surface area contributed by atoms with Gasteiger partial charge in [-0.3, -0.25) is 0 Å². The number of carbonyl (C=O) groups is 2. The second-order valence-corrected chi connectivity index (χ2v) is 13.0. The number of alkyl carbamates (subject to hydrolysis) is 1. The third-order valence-corrected chi connectivity index (χ3v) is 7.91. The molecule has 1 aliphatic heterocycles. The number of piperidine rings is 1. The Bertz CT molecular complexity index is 1620. The Balaban J connectivity index is 1.36. The molecule has 1 aliphatic rings. The lowest BCUT2D eigenvalue weighted by atomic mass is 9.89. The number of carboxylic acid groups (broad SMARTS) is 1. The average Bonchev–Trinajstić information content (AvgIpc) is 3.61. The van der Waals surface area contributed by atoms with E-state index in [4.69, 9.17) is 19.3 Å². The Morgan fingerprint density at radius 1 is 1.12 bits per heavy atom. The topological polar surface area (TPSA) is 132 Å². The maximum absolute atomic E-state index is 13.7. The van der Waals surface area contributed by atoms with Crippen molar-refractivity contribution >= 4 is 28.7 Å². The summed E-state index contributed by atoms with van der Waals surface area (Å²) in [5, 5.41) is 15.9. The minimum atomic E-state index is -4.46. The molecule has 1 amide bonds. The van der Waals surface area contributed by atoms with E-state index < -0.39 is 30.4 Å². The molecule has 4 rings (SSSR count). The van der Waals surface area contributed by atoms with Gasteiger partial charge >= 0.3 is 18.2 Å². The van der Waals surface area contributed by atoms with Crippen LogP contribution in [0.25, 0.3) is 10.9 Å². The zero-order chi connectivity index (χ0) is 35.6. The SMILES string of the molecule is CN1CCC(Nc2cccc3c2cc(C#CCNC(=O)OC(C)(C)C)n3CC(F)(F)F)C(CCOCCOCCn2cncc2C(=O)O)C1. The van der Waals surface area contributed by atoms with Crippen molar-refractivity contribution in [3.8, 4) is 11.8 Å². The number of nitrogens with one attached hydrogen (secondary N) is 2. The lowest BCUT2D eigenvalue weighted by Crippen LogP contribution is -2.45. The smallest absolute Gasteiger partial charge is 0.408 e. The summed E-state index contributed by atoms with van der Waals surface area (Å²) in [4.78, 5) is 29.2. The predicted octanol–water partition coefficient (Wildman–Crippen LogP) is 4.83. The minimum Gasteiger partial charge on any atom is -0.477 e. The summed E-state index contributed by atoms with van der Waals surface area (Å²) >= 11 is 0. The highest BCUT2D eigenvalue weighted by Crippen LogP contribution is 2.32. The van der Waals surface area contributed by atoms with E-state index in [0.717, 1.165) is 36.2 Å². The van der Waals surface area contributed by atoms with Crippen molar-refractivity contribution in [2.45, 2.75) is 64.5 Å². The monoisotopic (exact) mass is 690 g/mol. The number of alkyl halides is 3. The number of carboxylic acids is 1. The molecule has 15 heteroatoms. The molecule has 49 heavy (non-hydrogen) atoms. The lowest BCUT2D eigenvalue weighted by Gasteiger charge is -2.38. The van der Waals surface area contributed by atoms with Gasteiger partial charge in [-0.25, -0.2) is 14.6 Å². The maximum Gasteiger partial charge on any atom is 0.408 e. The normalized spacial score (nSPS) is 17.0. The van der Waals surface area contributed by atoms with Crippen molar-refractivity contribution in [3.63, 3.8) is 0 Å². The summed E-state index contributed by atoms with van der Waals surface area (Å²) in [7, 11) is 2.06. The summed E-state index contributed by atoms with van der Waals surface area (Å²) in [6.45, 7) is 7.56. The Morgan fingerprint density at radius 3 is 2.59 bits per heavy atom. The molecule has 268 valence electrons. The number of benzene rings is 1. The van der Waals surface area contributed by atoms with Gasteiger partial charge in [0.1, 0.15) is 17.8 Å². The molecule has 2 atom stereocenters. The van der Waals surface area contributed by atoms with Crippen LogP contribution in [0.5, 0.6) is 0 Å². The van der Waals surface area contributed by atoms with Crippen LogP contribution in [0.15, 0.2) is 36.8 Å². The Hall–Kier alpha value is -4.26. The predicted molar refractivity (Wildman–Crippen MR) is 178 cm³/mol. The highest BCUT2D eigenvalue weighted by Gasteiger charge is 2.31. The van der Waals surface area contributed by atoms with Gasteiger partial charge in [0.25, 0.3) is 0 Å². The number of fused-ring (bicyclic) bond motifs is 1. The van der Waals surface area contributed by atoms with Crippen LogP contribution in [0, 0.1) is 17.8 Å². The van der Waals surface area contributed by atoms with Gasteiger partial charge < -0.3 is 44.0 Å². The van der Waals surface area contributed by atoms with Crippen molar-refractivity contribution in [2.75, 3.05) is 58.4 Å². The Kier molecular flexibility index (Phi) is 13.0. The van der Waals surface area contributed by atoms with Gasteiger partial charge in [0.05, 0.1) is 50.1 Å². The highest BCUT2D eigenvalue weighted by molar-refractivity contribution is 5.94. The van der Waals surface area contributed by atoms with E-state index in [-0.39, 0.29) is 29.9 Å². The van der Waals surface area contributed by atoms with Gasteiger partial charge in [-0.2, -0.15) is 13.2 Å².